The first-order chi connectivity index (χ1) is 22.8. The Bertz CT molecular complexity index is 2810. The molecule has 0 amide bonds. The van der Waals surface area contributed by atoms with Crippen molar-refractivity contribution in [2.75, 3.05) is 0 Å². The van der Waals surface area contributed by atoms with E-state index in [1.807, 2.05) is 35.6 Å². The molecule has 4 heteroatoms. The molecule has 0 saturated carbocycles. The number of hydrogen-bond acceptors (Lipinski definition) is 3. The first-order valence-electron chi connectivity index (χ1n) is 15.5. The van der Waals surface area contributed by atoms with Crippen molar-refractivity contribution in [2.24, 2.45) is 0 Å². The molecule has 0 spiro atoms. The number of thiophene rings is 1. The maximum absolute atomic E-state index is 5.39. The van der Waals surface area contributed by atoms with Crippen LogP contribution in [-0.2, 0) is 0 Å². The lowest BCUT2D eigenvalue weighted by Gasteiger charge is -2.15. The fourth-order valence-corrected chi connectivity index (χ4v) is 8.18. The van der Waals surface area contributed by atoms with Crippen LogP contribution >= 0.6 is 11.3 Å². The number of aromatic nitrogens is 3. The largest absolute Gasteiger partial charge is 0.291 e. The third kappa shape index (κ3) is 3.77. The quantitative estimate of drug-likeness (QED) is 0.201. The van der Waals surface area contributed by atoms with Gasteiger partial charge in [-0.15, -0.1) is 11.3 Å². The van der Waals surface area contributed by atoms with E-state index >= 15 is 0 Å². The van der Waals surface area contributed by atoms with Crippen LogP contribution in [-0.4, -0.2) is 14.5 Å². The van der Waals surface area contributed by atoms with E-state index in [1.165, 1.54) is 52.8 Å². The van der Waals surface area contributed by atoms with Gasteiger partial charge in [0.15, 0.2) is 5.82 Å². The summed E-state index contributed by atoms with van der Waals surface area (Å²) in [6, 6.07) is 54.2. The second-order valence-electron chi connectivity index (χ2n) is 11.8. The summed E-state index contributed by atoms with van der Waals surface area (Å²) in [7, 11) is 0. The van der Waals surface area contributed by atoms with Gasteiger partial charge in [-0.05, 0) is 52.7 Å². The van der Waals surface area contributed by atoms with Gasteiger partial charge >= 0.3 is 0 Å². The minimum Gasteiger partial charge on any atom is -0.291 e. The number of nitrogens with zero attached hydrogens (tertiary/aromatic N) is 3. The molecule has 0 saturated heterocycles. The van der Waals surface area contributed by atoms with Gasteiger partial charge in [-0.25, -0.2) is 9.97 Å². The van der Waals surface area contributed by atoms with Gasteiger partial charge in [-0.1, -0.05) is 115 Å². The molecule has 3 nitrogen and oxygen atoms in total. The molecule has 7 aromatic carbocycles. The Morgan fingerprint density at radius 1 is 0.457 bits per heavy atom. The lowest BCUT2D eigenvalue weighted by molar-refractivity contribution is 1.08. The first-order valence-corrected chi connectivity index (χ1v) is 16.3. The molecule has 10 aromatic rings. The SMILES string of the molecule is c1ccc(-c2nc3ccccc3nc2-n2c3cc4ccccc4cc3c3cccc(-c4ccc5c(c4)sc4ccccc45)c32)cc1. The van der Waals surface area contributed by atoms with E-state index in [4.69, 9.17) is 9.97 Å². The lowest BCUT2D eigenvalue weighted by Crippen LogP contribution is -2.04. The molecule has 0 fully saturated rings. The zero-order valence-electron chi connectivity index (χ0n) is 24.7. The van der Waals surface area contributed by atoms with E-state index in [0.29, 0.717) is 0 Å². The molecule has 0 aliphatic heterocycles. The van der Waals surface area contributed by atoms with E-state index in [1.54, 1.807) is 0 Å². The highest BCUT2D eigenvalue weighted by atomic mass is 32.1. The standard InChI is InChI=1S/C42H25N3S/c1-2-11-26(12-3-1)40-42(44-36-19-8-7-18-35(36)43-40)45-37-24-28-14-5-4-13-27(28)23-34(37)33-17-10-16-30(41(33)45)29-21-22-32-31-15-6-9-20-38(31)46-39(32)25-29/h1-25H. The van der Waals surface area contributed by atoms with Crippen LogP contribution < -0.4 is 0 Å². The number of rotatable bonds is 3. The summed E-state index contributed by atoms with van der Waals surface area (Å²) in [6.07, 6.45) is 0. The zero-order chi connectivity index (χ0) is 30.2. The second kappa shape index (κ2) is 9.83. The van der Waals surface area contributed by atoms with E-state index in [2.05, 4.69) is 132 Å². The van der Waals surface area contributed by atoms with Crippen LogP contribution in [0.4, 0.5) is 0 Å². The van der Waals surface area contributed by atoms with Crippen LogP contribution in [0.15, 0.2) is 152 Å². The number of hydrogen-bond donors (Lipinski definition) is 0. The molecule has 10 rings (SSSR count). The van der Waals surface area contributed by atoms with E-state index in [-0.39, 0.29) is 0 Å². The monoisotopic (exact) mass is 603 g/mol. The molecule has 0 aliphatic rings. The number of fused-ring (bicyclic) bond motifs is 8. The van der Waals surface area contributed by atoms with Crippen molar-refractivity contribution in [3.05, 3.63) is 152 Å². The van der Waals surface area contributed by atoms with Crippen molar-refractivity contribution in [3.8, 4) is 28.2 Å². The highest BCUT2D eigenvalue weighted by molar-refractivity contribution is 7.25. The van der Waals surface area contributed by atoms with Crippen molar-refractivity contribution in [1.82, 2.24) is 14.5 Å². The van der Waals surface area contributed by atoms with Crippen molar-refractivity contribution in [2.45, 2.75) is 0 Å². The fraction of sp³-hybridized carbons (Fsp3) is 0. The molecular formula is C42H25N3S. The Morgan fingerprint density at radius 3 is 2.02 bits per heavy atom. The van der Waals surface area contributed by atoms with Gasteiger partial charge in [0, 0.05) is 42.1 Å². The molecule has 0 bridgehead atoms. The zero-order valence-corrected chi connectivity index (χ0v) is 25.5. The summed E-state index contributed by atoms with van der Waals surface area (Å²) in [6.45, 7) is 0. The van der Waals surface area contributed by atoms with Crippen molar-refractivity contribution >= 4 is 75.1 Å². The Morgan fingerprint density at radius 2 is 1.15 bits per heavy atom. The highest BCUT2D eigenvalue weighted by Crippen LogP contribution is 2.43. The predicted octanol–water partition coefficient (Wildman–Crippen LogP) is 11.6. The first kappa shape index (κ1) is 25.5. The highest BCUT2D eigenvalue weighted by Gasteiger charge is 2.22. The summed E-state index contributed by atoms with van der Waals surface area (Å²) in [5.74, 6) is 0.829. The van der Waals surface area contributed by atoms with Gasteiger partial charge in [0.25, 0.3) is 0 Å². The third-order valence-electron chi connectivity index (χ3n) is 9.16. The maximum atomic E-state index is 5.39. The summed E-state index contributed by atoms with van der Waals surface area (Å²) in [4.78, 5) is 10.7. The molecule has 0 N–H and O–H groups in total. The number of para-hydroxylation sites is 3. The third-order valence-corrected chi connectivity index (χ3v) is 10.3. The summed E-state index contributed by atoms with van der Waals surface area (Å²) >= 11 is 1.86. The molecule has 0 atom stereocenters. The smallest absolute Gasteiger partial charge is 0.165 e. The second-order valence-corrected chi connectivity index (χ2v) is 12.9. The molecule has 46 heavy (non-hydrogen) atoms. The van der Waals surface area contributed by atoms with Crippen molar-refractivity contribution in [3.63, 3.8) is 0 Å². The average molecular weight is 604 g/mol. The van der Waals surface area contributed by atoms with Crippen LogP contribution in [0.25, 0.3) is 92.0 Å². The lowest BCUT2D eigenvalue weighted by atomic mass is 10.00. The predicted molar refractivity (Wildman–Crippen MR) is 195 cm³/mol. The molecule has 0 aliphatic carbocycles. The Labute approximate surface area is 268 Å². The maximum Gasteiger partial charge on any atom is 0.165 e. The van der Waals surface area contributed by atoms with Crippen LogP contribution in [0.2, 0.25) is 0 Å². The Kier molecular flexibility index (Phi) is 5.45. The fourth-order valence-electron chi connectivity index (χ4n) is 7.03. The minimum absolute atomic E-state index is 0.829. The van der Waals surface area contributed by atoms with Crippen LogP contribution in [0.1, 0.15) is 0 Å². The van der Waals surface area contributed by atoms with E-state index in [0.717, 1.165) is 39.1 Å². The van der Waals surface area contributed by atoms with E-state index < -0.39 is 0 Å². The van der Waals surface area contributed by atoms with Crippen molar-refractivity contribution in [1.29, 1.82) is 0 Å². The molecule has 0 unspecified atom stereocenters. The van der Waals surface area contributed by atoms with Gasteiger partial charge in [0.1, 0.15) is 5.69 Å². The van der Waals surface area contributed by atoms with Gasteiger partial charge < -0.3 is 0 Å². The summed E-state index contributed by atoms with van der Waals surface area (Å²) in [5, 5.41) is 7.43. The Balaban J connectivity index is 1.37. The van der Waals surface area contributed by atoms with Gasteiger partial charge in [-0.3, -0.25) is 4.57 Å². The topological polar surface area (TPSA) is 30.7 Å². The van der Waals surface area contributed by atoms with Crippen molar-refractivity contribution < 1.29 is 0 Å². The van der Waals surface area contributed by atoms with Crippen LogP contribution in [0, 0.1) is 0 Å². The molecular weight excluding hydrogens is 579 g/mol. The molecule has 0 radical (unpaired) electrons. The van der Waals surface area contributed by atoms with Gasteiger partial charge in [-0.2, -0.15) is 0 Å². The van der Waals surface area contributed by atoms with Crippen LogP contribution in [0.5, 0.6) is 0 Å². The molecule has 3 heterocycles. The van der Waals surface area contributed by atoms with Crippen LogP contribution in [0.3, 0.4) is 0 Å². The average Bonchev–Trinajstić information content (AvgIpc) is 3.65. The molecule has 214 valence electrons. The van der Waals surface area contributed by atoms with Gasteiger partial charge in [0.05, 0.1) is 22.1 Å². The summed E-state index contributed by atoms with van der Waals surface area (Å²) < 4.78 is 4.97. The minimum atomic E-state index is 0.829. The van der Waals surface area contributed by atoms with E-state index in [9.17, 15) is 0 Å². The Hall–Kier alpha value is -5.84. The normalized spacial score (nSPS) is 11.9. The summed E-state index contributed by atoms with van der Waals surface area (Å²) in [5.41, 5.74) is 8.26. The van der Waals surface area contributed by atoms with Gasteiger partial charge in [0.2, 0.25) is 0 Å². The number of benzene rings is 7. The molecule has 3 aromatic heterocycles.